The molecule has 0 radical (unpaired) electrons. The van der Waals surface area contributed by atoms with Crippen molar-refractivity contribution in [2.45, 2.75) is 32.0 Å². The van der Waals surface area contributed by atoms with Gasteiger partial charge in [0.05, 0.1) is 12.7 Å². The third kappa shape index (κ3) is 2.99. The molecule has 2 atom stereocenters. The Morgan fingerprint density at radius 2 is 2.09 bits per heavy atom. The number of halogens is 2. The largest absolute Gasteiger partial charge is 0.496 e. The molecule has 1 aromatic rings. The van der Waals surface area contributed by atoms with Gasteiger partial charge < -0.3 is 16.2 Å². The summed E-state index contributed by atoms with van der Waals surface area (Å²) in [6.07, 6.45) is 2.99. The zero-order chi connectivity index (χ0) is 17.4. The average Bonchev–Trinajstić information content (AvgIpc) is 2.49. The highest BCUT2D eigenvalue weighted by atomic mass is 35.5. The molecule has 1 aromatic carbocycles. The first-order valence-corrected chi connectivity index (χ1v) is 7.59. The zero-order valence-corrected chi connectivity index (χ0v) is 14.1. The lowest BCUT2D eigenvalue weighted by Gasteiger charge is -2.34. The van der Waals surface area contributed by atoms with Crippen molar-refractivity contribution in [1.82, 2.24) is 0 Å². The number of carbonyl (C=O) groups is 1. The SMILES string of the molecule is COc1ccc(Cl)c(C)c1C1=CC=C(C(N)=O)C(F)(C(C)N)C1. The van der Waals surface area contributed by atoms with Gasteiger partial charge in [0, 0.05) is 23.0 Å². The molecule has 0 saturated carbocycles. The van der Waals surface area contributed by atoms with E-state index in [0.29, 0.717) is 21.9 Å². The second kappa shape index (κ2) is 6.34. The number of alkyl halides is 1. The van der Waals surface area contributed by atoms with Gasteiger partial charge in [-0.2, -0.15) is 0 Å². The molecule has 0 heterocycles. The predicted octanol–water partition coefficient (Wildman–Crippen LogP) is 2.91. The molecule has 4 nitrogen and oxygen atoms in total. The Morgan fingerprint density at radius 3 is 2.61 bits per heavy atom. The fraction of sp³-hybridized carbons (Fsp3) is 0.353. The number of hydrogen-bond donors (Lipinski definition) is 2. The first-order chi connectivity index (χ1) is 10.7. The van der Waals surface area contributed by atoms with Crippen molar-refractivity contribution in [3.05, 3.63) is 46.0 Å². The molecule has 4 N–H and O–H groups in total. The highest BCUT2D eigenvalue weighted by Gasteiger charge is 2.44. The fourth-order valence-electron chi connectivity index (χ4n) is 2.85. The van der Waals surface area contributed by atoms with Gasteiger partial charge >= 0.3 is 0 Å². The predicted molar refractivity (Wildman–Crippen MR) is 90.1 cm³/mol. The number of primary amides is 1. The molecule has 0 aliphatic heterocycles. The summed E-state index contributed by atoms with van der Waals surface area (Å²) in [6, 6.07) is 2.56. The number of rotatable bonds is 4. The van der Waals surface area contributed by atoms with Crippen LogP contribution in [0.1, 0.15) is 24.5 Å². The van der Waals surface area contributed by atoms with Crippen molar-refractivity contribution in [2.24, 2.45) is 11.5 Å². The van der Waals surface area contributed by atoms with E-state index in [2.05, 4.69) is 0 Å². The summed E-state index contributed by atoms with van der Waals surface area (Å²) in [7, 11) is 1.54. The maximum absolute atomic E-state index is 15.4. The monoisotopic (exact) mass is 338 g/mol. The van der Waals surface area contributed by atoms with Gasteiger partial charge in [0.1, 0.15) is 5.75 Å². The molecule has 23 heavy (non-hydrogen) atoms. The zero-order valence-electron chi connectivity index (χ0n) is 13.3. The molecular weight excluding hydrogens is 319 g/mol. The molecule has 0 saturated heterocycles. The van der Waals surface area contributed by atoms with Crippen molar-refractivity contribution < 1.29 is 13.9 Å². The van der Waals surface area contributed by atoms with E-state index in [1.165, 1.54) is 20.1 Å². The van der Waals surface area contributed by atoms with Crippen LogP contribution in [0.15, 0.2) is 29.9 Å². The summed E-state index contributed by atoms with van der Waals surface area (Å²) in [6.45, 7) is 3.35. The smallest absolute Gasteiger partial charge is 0.247 e. The van der Waals surface area contributed by atoms with Gasteiger partial charge in [0.15, 0.2) is 5.67 Å². The Balaban J connectivity index is 2.63. The van der Waals surface area contributed by atoms with Crippen molar-refractivity contribution >= 4 is 23.1 Å². The number of ether oxygens (including phenoxy) is 1. The van der Waals surface area contributed by atoms with Crippen LogP contribution in [0.4, 0.5) is 4.39 Å². The number of benzene rings is 1. The molecule has 1 aliphatic carbocycles. The molecule has 1 amide bonds. The van der Waals surface area contributed by atoms with E-state index < -0.39 is 17.6 Å². The summed E-state index contributed by atoms with van der Waals surface area (Å²) < 4.78 is 20.8. The van der Waals surface area contributed by atoms with Crippen LogP contribution in [0, 0.1) is 6.92 Å². The van der Waals surface area contributed by atoms with Crippen LogP contribution in [0.5, 0.6) is 5.75 Å². The van der Waals surface area contributed by atoms with Crippen molar-refractivity contribution in [3.63, 3.8) is 0 Å². The maximum atomic E-state index is 15.4. The Kier molecular flexibility index (Phi) is 4.82. The normalized spacial score (nSPS) is 22.2. The Morgan fingerprint density at radius 1 is 1.43 bits per heavy atom. The minimum Gasteiger partial charge on any atom is -0.496 e. The van der Waals surface area contributed by atoms with Gasteiger partial charge in [-0.05, 0) is 43.2 Å². The number of nitrogens with two attached hydrogens (primary N) is 2. The van der Waals surface area contributed by atoms with E-state index in [1.54, 1.807) is 18.2 Å². The second-order valence-electron chi connectivity index (χ2n) is 5.71. The maximum Gasteiger partial charge on any atom is 0.247 e. The molecule has 0 spiro atoms. The number of amides is 1. The van der Waals surface area contributed by atoms with Gasteiger partial charge in [0.2, 0.25) is 5.91 Å². The van der Waals surface area contributed by atoms with E-state index in [1.807, 2.05) is 6.92 Å². The minimum absolute atomic E-state index is 0.0724. The van der Waals surface area contributed by atoms with Crippen LogP contribution >= 0.6 is 11.6 Å². The standard InChI is InChI=1S/C17H20ClFN2O2/c1-9-13(18)6-7-14(23-3)15(9)11-4-5-12(16(21)22)17(19,8-11)10(2)20/h4-7,10H,8,20H2,1-3H3,(H2,21,22). The third-order valence-corrected chi connectivity index (χ3v) is 4.65. The minimum atomic E-state index is -2.03. The number of carbonyl (C=O) groups excluding carboxylic acids is 1. The molecule has 124 valence electrons. The van der Waals surface area contributed by atoms with Gasteiger partial charge in [-0.3, -0.25) is 4.79 Å². The van der Waals surface area contributed by atoms with Crippen molar-refractivity contribution in [2.75, 3.05) is 7.11 Å². The number of hydrogen-bond acceptors (Lipinski definition) is 3. The van der Waals surface area contributed by atoms with Crippen LogP contribution in [0.2, 0.25) is 5.02 Å². The first kappa shape index (κ1) is 17.5. The molecule has 1 aliphatic rings. The Bertz CT molecular complexity index is 713. The molecular formula is C17H20ClFN2O2. The first-order valence-electron chi connectivity index (χ1n) is 7.21. The summed E-state index contributed by atoms with van der Waals surface area (Å²) in [5.74, 6) is -0.226. The summed E-state index contributed by atoms with van der Waals surface area (Å²) in [5, 5.41) is 0.552. The van der Waals surface area contributed by atoms with E-state index in [-0.39, 0.29) is 12.0 Å². The van der Waals surface area contributed by atoms with Crippen LogP contribution in [-0.4, -0.2) is 24.7 Å². The second-order valence-corrected chi connectivity index (χ2v) is 6.12. The van der Waals surface area contributed by atoms with Crippen molar-refractivity contribution in [1.29, 1.82) is 0 Å². The van der Waals surface area contributed by atoms with E-state index in [9.17, 15) is 4.79 Å². The molecule has 2 rings (SSSR count). The summed E-state index contributed by atoms with van der Waals surface area (Å²) >= 11 is 6.18. The van der Waals surface area contributed by atoms with Crippen molar-refractivity contribution in [3.8, 4) is 5.75 Å². The van der Waals surface area contributed by atoms with Crippen LogP contribution in [-0.2, 0) is 4.79 Å². The van der Waals surface area contributed by atoms with Gasteiger partial charge in [0.25, 0.3) is 0 Å². The Hall–Kier alpha value is -1.85. The number of methoxy groups -OCH3 is 1. The Labute approximate surface area is 139 Å². The average molecular weight is 339 g/mol. The highest BCUT2D eigenvalue weighted by molar-refractivity contribution is 6.31. The fourth-order valence-corrected chi connectivity index (χ4v) is 3.01. The molecule has 6 heteroatoms. The molecule has 0 fully saturated rings. The topological polar surface area (TPSA) is 78.3 Å². The highest BCUT2D eigenvalue weighted by Crippen LogP contribution is 2.43. The lowest BCUT2D eigenvalue weighted by atomic mass is 9.77. The molecule has 0 bridgehead atoms. The van der Waals surface area contributed by atoms with Gasteiger partial charge in [-0.15, -0.1) is 0 Å². The third-order valence-electron chi connectivity index (χ3n) is 4.24. The molecule has 2 unspecified atom stereocenters. The van der Waals surface area contributed by atoms with E-state index in [0.717, 1.165) is 5.56 Å². The van der Waals surface area contributed by atoms with Crippen LogP contribution in [0.25, 0.3) is 5.57 Å². The summed E-state index contributed by atoms with van der Waals surface area (Å²) in [5.41, 5.74) is 11.1. The quantitative estimate of drug-likeness (QED) is 0.886. The molecule has 0 aromatic heterocycles. The summed E-state index contributed by atoms with van der Waals surface area (Å²) in [4.78, 5) is 11.5. The van der Waals surface area contributed by atoms with Crippen LogP contribution in [0.3, 0.4) is 0 Å². The van der Waals surface area contributed by atoms with E-state index >= 15 is 4.39 Å². The van der Waals surface area contributed by atoms with Gasteiger partial charge in [-0.25, -0.2) is 4.39 Å². The lowest BCUT2D eigenvalue weighted by molar-refractivity contribution is -0.116. The van der Waals surface area contributed by atoms with Crippen LogP contribution < -0.4 is 16.2 Å². The number of allylic oxidation sites excluding steroid dienone is 3. The lowest BCUT2D eigenvalue weighted by Crippen LogP contribution is -2.48. The van der Waals surface area contributed by atoms with E-state index in [4.69, 9.17) is 27.8 Å². The van der Waals surface area contributed by atoms with Gasteiger partial charge in [-0.1, -0.05) is 17.7 Å².